The molecule has 0 unspecified atom stereocenters. The third kappa shape index (κ3) is 3.85. The summed E-state index contributed by atoms with van der Waals surface area (Å²) in [5.74, 6) is 0.280. The van der Waals surface area contributed by atoms with Gasteiger partial charge in [0.15, 0.2) is 11.5 Å². The van der Waals surface area contributed by atoms with Gasteiger partial charge in [-0.05, 0) is 52.3 Å². The number of aromatic hydroxyl groups is 1. The van der Waals surface area contributed by atoms with Gasteiger partial charge in [0.25, 0.3) is 0 Å². The van der Waals surface area contributed by atoms with E-state index in [-0.39, 0.29) is 11.7 Å². The molecule has 114 valence electrons. The van der Waals surface area contributed by atoms with Crippen LogP contribution in [0.1, 0.15) is 12.5 Å². The first kappa shape index (κ1) is 16.0. The largest absolute Gasteiger partial charge is 0.504 e. The van der Waals surface area contributed by atoms with E-state index in [1.807, 2.05) is 0 Å². The molecule has 0 aromatic heterocycles. The summed E-state index contributed by atoms with van der Waals surface area (Å²) in [6.07, 6.45) is 1.55. The Morgan fingerprint density at radius 2 is 1.95 bits per heavy atom. The van der Waals surface area contributed by atoms with Crippen molar-refractivity contribution in [3.8, 4) is 11.5 Å². The lowest BCUT2D eigenvalue weighted by atomic mass is 10.2. The highest BCUT2D eigenvalue weighted by Crippen LogP contribution is 2.34. The van der Waals surface area contributed by atoms with Gasteiger partial charge in [0, 0.05) is 23.3 Å². The molecule has 0 saturated heterocycles. The predicted molar refractivity (Wildman–Crippen MR) is 90.4 cm³/mol. The van der Waals surface area contributed by atoms with Crippen LogP contribution in [0, 0.1) is 0 Å². The van der Waals surface area contributed by atoms with Gasteiger partial charge in [0.1, 0.15) is 0 Å². The maximum absolute atomic E-state index is 11.0. The van der Waals surface area contributed by atoms with Crippen LogP contribution in [0.5, 0.6) is 11.5 Å². The highest BCUT2D eigenvalue weighted by atomic mass is 79.9. The number of nitrogens with one attached hydrogen (secondary N) is 1. The minimum Gasteiger partial charge on any atom is -0.504 e. The van der Waals surface area contributed by atoms with E-state index in [0.717, 1.165) is 0 Å². The van der Waals surface area contributed by atoms with E-state index in [1.54, 1.807) is 42.6 Å². The average molecular weight is 363 g/mol. The summed E-state index contributed by atoms with van der Waals surface area (Å²) in [7, 11) is 1.49. The van der Waals surface area contributed by atoms with Crippen LogP contribution in [0.25, 0.3) is 0 Å². The van der Waals surface area contributed by atoms with Crippen LogP contribution < -0.4 is 10.1 Å². The van der Waals surface area contributed by atoms with Gasteiger partial charge in [-0.3, -0.25) is 9.79 Å². The number of methoxy groups -OCH3 is 1. The highest BCUT2D eigenvalue weighted by molar-refractivity contribution is 9.10. The SMILES string of the molecule is COc1ccc(Br)c(C=Nc2ccc(NC(C)=O)cc2)c1O. The van der Waals surface area contributed by atoms with Crippen molar-refractivity contribution < 1.29 is 14.6 Å². The number of phenols is 1. The smallest absolute Gasteiger partial charge is 0.221 e. The molecular formula is C16H15BrN2O3. The molecule has 0 heterocycles. The number of rotatable bonds is 4. The zero-order valence-electron chi connectivity index (χ0n) is 12.1. The zero-order valence-corrected chi connectivity index (χ0v) is 13.7. The Morgan fingerprint density at radius 3 is 2.55 bits per heavy atom. The van der Waals surface area contributed by atoms with Crippen LogP contribution in [0.15, 0.2) is 45.9 Å². The second-order valence-corrected chi connectivity index (χ2v) is 5.35. The number of carbonyl (C=O) groups is 1. The lowest BCUT2D eigenvalue weighted by molar-refractivity contribution is -0.114. The number of nitrogens with zero attached hydrogens (tertiary/aromatic N) is 1. The van der Waals surface area contributed by atoms with Crippen molar-refractivity contribution in [2.75, 3.05) is 12.4 Å². The second-order valence-electron chi connectivity index (χ2n) is 4.50. The number of ether oxygens (including phenoxy) is 1. The molecule has 0 bridgehead atoms. The van der Waals surface area contributed by atoms with E-state index in [2.05, 4.69) is 26.2 Å². The number of phenolic OH excluding ortho intramolecular Hbond substituents is 1. The van der Waals surface area contributed by atoms with Crippen molar-refractivity contribution in [1.29, 1.82) is 0 Å². The summed E-state index contributed by atoms with van der Waals surface area (Å²) < 4.78 is 5.79. The maximum Gasteiger partial charge on any atom is 0.221 e. The Balaban J connectivity index is 2.23. The molecule has 0 aliphatic heterocycles. The first-order valence-corrected chi connectivity index (χ1v) is 7.27. The molecule has 0 spiro atoms. The summed E-state index contributed by atoms with van der Waals surface area (Å²) in [6, 6.07) is 10.5. The van der Waals surface area contributed by atoms with Gasteiger partial charge >= 0.3 is 0 Å². The molecule has 2 aromatic carbocycles. The molecule has 0 aliphatic rings. The number of benzene rings is 2. The Kier molecular flexibility index (Phi) is 5.16. The van der Waals surface area contributed by atoms with Gasteiger partial charge in [-0.25, -0.2) is 0 Å². The summed E-state index contributed by atoms with van der Waals surface area (Å²) in [6.45, 7) is 1.45. The molecule has 0 fully saturated rings. The Bertz CT molecular complexity index is 712. The van der Waals surface area contributed by atoms with Crippen LogP contribution in [0.2, 0.25) is 0 Å². The van der Waals surface area contributed by atoms with E-state index in [0.29, 0.717) is 27.2 Å². The van der Waals surface area contributed by atoms with Crippen molar-refractivity contribution in [1.82, 2.24) is 0 Å². The zero-order chi connectivity index (χ0) is 16.1. The van der Waals surface area contributed by atoms with Gasteiger partial charge in [-0.2, -0.15) is 0 Å². The average Bonchev–Trinajstić information content (AvgIpc) is 2.48. The van der Waals surface area contributed by atoms with Crippen molar-refractivity contribution in [3.05, 3.63) is 46.4 Å². The van der Waals surface area contributed by atoms with Gasteiger partial charge in [0.2, 0.25) is 5.91 Å². The topological polar surface area (TPSA) is 70.9 Å². The number of aliphatic imine (C=N–C) groups is 1. The van der Waals surface area contributed by atoms with E-state index < -0.39 is 0 Å². The normalized spacial score (nSPS) is 10.7. The lowest BCUT2D eigenvalue weighted by Crippen LogP contribution is -2.04. The number of carbonyl (C=O) groups excluding carboxylic acids is 1. The van der Waals surface area contributed by atoms with Crippen molar-refractivity contribution in [2.24, 2.45) is 4.99 Å². The van der Waals surface area contributed by atoms with Crippen LogP contribution in [-0.4, -0.2) is 24.3 Å². The minimum atomic E-state index is -0.124. The summed E-state index contributed by atoms with van der Waals surface area (Å²) in [5.41, 5.74) is 1.94. The van der Waals surface area contributed by atoms with Crippen molar-refractivity contribution >= 4 is 39.4 Å². The molecule has 2 rings (SSSR count). The molecule has 5 nitrogen and oxygen atoms in total. The number of hydrogen-bond donors (Lipinski definition) is 2. The summed E-state index contributed by atoms with van der Waals surface area (Å²) >= 11 is 3.37. The van der Waals surface area contributed by atoms with E-state index in [1.165, 1.54) is 14.0 Å². The summed E-state index contributed by atoms with van der Waals surface area (Å²) in [4.78, 5) is 15.3. The van der Waals surface area contributed by atoms with Gasteiger partial charge in [-0.15, -0.1) is 0 Å². The van der Waals surface area contributed by atoms with Crippen molar-refractivity contribution in [3.63, 3.8) is 0 Å². The fourth-order valence-corrected chi connectivity index (χ4v) is 2.25. The molecular weight excluding hydrogens is 348 g/mol. The Morgan fingerprint density at radius 1 is 1.27 bits per heavy atom. The van der Waals surface area contributed by atoms with E-state index in [4.69, 9.17) is 4.74 Å². The Hall–Kier alpha value is -2.34. The van der Waals surface area contributed by atoms with Crippen LogP contribution >= 0.6 is 15.9 Å². The molecule has 1 amide bonds. The van der Waals surface area contributed by atoms with Crippen LogP contribution in [0.4, 0.5) is 11.4 Å². The van der Waals surface area contributed by atoms with Gasteiger partial charge < -0.3 is 15.2 Å². The van der Waals surface area contributed by atoms with Gasteiger partial charge in [-0.1, -0.05) is 0 Å². The van der Waals surface area contributed by atoms with Crippen LogP contribution in [0.3, 0.4) is 0 Å². The monoisotopic (exact) mass is 362 g/mol. The number of halogens is 1. The fraction of sp³-hybridized carbons (Fsp3) is 0.125. The molecule has 2 N–H and O–H groups in total. The summed E-state index contributed by atoms with van der Waals surface area (Å²) in [5, 5.41) is 12.8. The molecule has 0 atom stereocenters. The first-order valence-electron chi connectivity index (χ1n) is 6.48. The second kappa shape index (κ2) is 7.09. The number of hydrogen-bond acceptors (Lipinski definition) is 4. The Labute approximate surface area is 136 Å². The number of amides is 1. The first-order chi connectivity index (χ1) is 10.5. The molecule has 0 saturated carbocycles. The molecule has 22 heavy (non-hydrogen) atoms. The third-order valence-electron chi connectivity index (χ3n) is 2.88. The maximum atomic E-state index is 11.0. The van der Waals surface area contributed by atoms with Crippen molar-refractivity contribution in [2.45, 2.75) is 6.92 Å². The fourth-order valence-electron chi connectivity index (χ4n) is 1.82. The predicted octanol–water partition coefficient (Wildman–Crippen LogP) is 3.87. The molecule has 0 aliphatic carbocycles. The van der Waals surface area contributed by atoms with Gasteiger partial charge in [0.05, 0.1) is 18.4 Å². The molecule has 0 radical (unpaired) electrons. The quantitative estimate of drug-likeness (QED) is 0.810. The van der Waals surface area contributed by atoms with Crippen LogP contribution in [-0.2, 0) is 4.79 Å². The standard InChI is InChI=1S/C16H15BrN2O3/c1-10(20)19-12-5-3-11(4-6-12)18-9-13-14(17)7-8-15(22-2)16(13)21/h3-9,21H,1-2H3,(H,19,20). The number of anilines is 1. The lowest BCUT2D eigenvalue weighted by Gasteiger charge is -2.07. The molecule has 6 heteroatoms. The highest BCUT2D eigenvalue weighted by Gasteiger charge is 2.09. The third-order valence-corrected chi connectivity index (χ3v) is 3.57. The molecule has 2 aromatic rings. The minimum absolute atomic E-state index is 0.0236. The van der Waals surface area contributed by atoms with E-state index >= 15 is 0 Å². The van der Waals surface area contributed by atoms with E-state index in [9.17, 15) is 9.90 Å².